The monoisotopic (exact) mass is 298 g/mol. The lowest BCUT2D eigenvalue weighted by atomic mass is 9.97. The molecule has 20 heavy (non-hydrogen) atoms. The first-order valence-corrected chi connectivity index (χ1v) is 8.92. The Bertz CT molecular complexity index is 565. The van der Waals surface area contributed by atoms with Crippen LogP contribution in [0.15, 0.2) is 18.2 Å². The predicted octanol–water partition coefficient (Wildman–Crippen LogP) is 2.22. The van der Waals surface area contributed by atoms with Crippen LogP contribution >= 0.6 is 0 Å². The molecule has 2 atom stereocenters. The van der Waals surface area contributed by atoms with Gasteiger partial charge in [0.1, 0.15) is 15.6 Å². The summed E-state index contributed by atoms with van der Waals surface area (Å²) in [7, 11) is -3.01. The smallest absolute Gasteiger partial charge is 0.150 e. The minimum absolute atomic E-state index is 0.0702. The molecule has 1 saturated carbocycles. The predicted molar refractivity (Wildman–Crippen MR) is 78.6 cm³/mol. The quantitative estimate of drug-likeness (QED) is 0.926. The maximum Gasteiger partial charge on any atom is 0.150 e. The van der Waals surface area contributed by atoms with Crippen LogP contribution in [0.25, 0.3) is 0 Å². The summed E-state index contributed by atoms with van der Waals surface area (Å²) in [6.45, 7) is 1.87. The van der Waals surface area contributed by atoms with Gasteiger partial charge in [-0.15, -0.1) is 0 Å². The normalized spacial score (nSPS) is 23.6. The number of ether oxygens (including phenoxy) is 1. The van der Waals surface area contributed by atoms with Gasteiger partial charge in [0.15, 0.2) is 0 Å². The van der Waals surface area contributed by atoms with E-state index in [9.17, 15) is 13.5 Å². The van der Waals surface area contributed by atoms with E-state index in [0.29, 0.717) is 12.2 Å². The number of aliphatic hydroxyl groups is 1. The van der Waals surface area contributed by atoms with Crippen molar-refractivity contribution in [3.8, 4) is 5.75 Å². The summed E-state index contributed by atoms with van der Waals surface area (Å²) in [5.74, 6) is 0.703. The van der Waals surface area contributed by atoms with Crippen molar-refractivity contribution in [2.45, 2.75) is 50.6 Å². The summed E-state index contributed by atoms with van der Waals surface area (Å²) in [5, 5.41) is 9.07. The summed E-state index contributed by atoms with van der Waals surface area (Å²) in [4.78, 5) is 0. The minimum Gasteiger partial charge on any atom is -0.490 e. The van der Waals surface area contributed by atoms with Crippen molar-refractivity contribution < 1.29 is 18.3 Å². The molecule has 0 aliphatic heterocycles. The molecular weight excluding hydrogens is 276 g/mol. The third-order valence-electron chi connectivity index (χ3n) is 3.93. The standard InChI is InChI=1S/C15H22O4S/c1-11-5-3-6-12(10-16)15(11)19-13-7-4-8-14(9-13)20(2,17)18/h3,5-6,13-14,16H,4,7-10H2,1-2H3. The SMILES string of the molecule is Cc1cccc(CO)c1OC1CCCC(S(C)(=O)=O)C1. The van der Waals surface area contributed by atoms with Crippen LogP contribution in [0.5, 0.6) is 5.75 Å². The molecule has 1 N–H and O–H groups in total. The maximum absolute atomic E-state index is 11.7. The van der Waals surface area contributed by atoms with Gasteiger partial charge in [0, 0.05) is 18.2 Å². The third kappa shape index (κ3) is 3.52. The average molecular weight is 298 g/mol. The molecule has 2 unspecified atom stereocenters. The number of benzene rings is 1. The van der Waals surface area contributed by atoms with E-state index in [0.717, 1.165) is 30.4 Å². The number of sulfone groups is 1. The van der Waals surface area contributed by atoms with Crippen molar-refractivity contribution in [2.75, 3.05) is 6.26 Å². The van der Waals surface area contributed by atoms with Crippen molar-refractivity contribution in [1.82, 2.24) is 0 Å². The molecule has 0 heterocycles. The molecular formula is C15H22O4S. The van der Waals surface area contributed by atoms with E-state index < -0.39 is 9.84 Å². The number of aliphatic hydroxyl groups excluding tert-OH is 1. The second kappa shape index (κ2) is 6.14. The van der Waals surface area contributed by atoms with Gasteiger partial charge in [0.05, 0.1) is 18.0 Å². The Morgan fingerprint density at radius 3 is 2.75 bits per heavy atom. The summed E-state index contributed by atoms with van der Waals surface area (Å²) >= 11 is 0. The van der Waals surface area contributed by atoms with E-state index in [-0.39, 0.29) is 18.0 Å². The van der Waals surface area contributed by atoms with Gasteiger partial charge < -0.3 is 9.84 Å². The van der Waals surface area contributed by atoms with E-state index in [1.54, 1.807) is 0 Å². The van der Waals surface area contributed by atoms with Crippen LogP contribution in [0, 0.1) is 6.92 Å². The fourth-order valence-electron chi connectivity index (χ4n) is 2.77. The number of aryl methyl sites for hydroxylation is 1. The van der Waals surface area contributed by atoms with Gasteiger partial charge in [0.2, 0.25) is 0 Å². The Hall–Kier alpha value is -1.07. The van der Waals surface area contributed by atoms with Gasteiger partial charge in [-0.2, -0.15) is 0 Å². The summed E-state index contributed by atoms with van der Waals surface area (Å²) in [5.41, 5.74) is 1.73. The van der Waals surface area contributed by atoms with Crippen LogP contribution in [-0.4, -0.2) is 31.1 Å². The van der Waals surface area contributed by atoms with Crippen molar-refractivity contribution in [3.63, 3.8) is 0 Å². The van der Waals surface area contributed by atoms with E-state index in [2.05, 4.69) is 0 Å². The topological polar surface area (TPSA) is 63.6 Å². The Labute approximate surface area is 120 Å². The van der Waals surface area contributed by atoms with Crippen LogP contribution in [0.1, 0.15) is 36.8 Å². The van der Waals surface area contributed by atoms with Crippen LogP contribution in [0.4, 0.5) is 0 Å². The highest BCUT2D eigenvalue weighted by molar-refractivity contribution is 7.91. The lowest BCUT2D eigenvalue weighted by Crippen LogP contribution is -2.33. The van der Waals surface area contributed by atoms with Crippen molar-refractivity contribution in [3.05, 3.63) is 29.3 Å². The van der Waals surface area contributed by atoms with Crippen molar-refractivity contribution in [1.29, 1.82) is 0 Å². The van der Waals surface area contributed by atoms with E-state index >= 15 is 0 Å². The third-order valence-corrected chi connectivity index (χ3v) is 5.57. The number of para-hydroxylation sites is 1. The second-order valence-electron chi connectivity index (χ2n) is 5.58. The van der Waals surface area contributed by atoms with Gasteiger partial charge in [-0.25, -0.2) is 8.42 Å². The van der Waals surface area contributed by atoms with Gasteiger partial charge in [-0.3, -0.25) is 0 Å². The highest BCUT2D eigenvalue weighted by Gasteiger charge is 2.30. The molecule has 0 spiro atoms. The second-order valence-corrected chi connectivity index (χ2v) is 7.90. The molecule has 1 aromatic rings. The van der Waals surface area contributed by atoms with Gasteiger partial charge in [-0.1, -0.05) is 18.2 Å². The molecule has 0 radical (unpaired) electrons. The highest BCUT2D eigenvalue weighted by atomic mass is 32.2. The Kier molecular flexibility index (Phi) is 4.70. The first-order valence-electron chi connectivity index (χ1n) is 6.96. The molecule has 0 saturated heterocycles. The van der Waals surface area contributed by atoms with E-state index in [1.807, 2.05) is 25.1 Å². The lowest BCUT2D eigenvalue weighted by molar-refractivity contribution is 0.150. The zero-order valence-electron chi connectivity index (χ0n) is 12.0. The molecule has 5 heteroatoms. The summed E-state index contributed by atoms with van der Waals surface area (Å²) < 4.78 is 29.4. The van der Waals surface area contributed by atoms with E-state index in [4.69, 9.17) is 4.74 Å². The van der Waals surface area contributed by atoms with Crippen molar-refractivity contribution >= 4 is 9.84 Å². The fraction of sp³-hybridized carbons (Fsp3) is 0.600. The Balaban J connectivity index is 2.14. The number of hydrogen-bond acceptors (Lipinski definition) is 4. The average Bonchev–Trinajstić information content (AvgIpc) is 2.40. The van der Waals surface area contributed by atoms with Crippen molar-refractivity contribution in [2.24, 2.45) is 0 Å². The molecule has 1 fully saturated rings. The molecule has 1 aromatic carbocycles. The molecule has 0 amide bonds. The number of hydrogen-bond donors (Lipinski definition) is 1. The first kappa shape index (κ1) is 15.3. The molecule has 0 bridgehead atoms. The Morgan fingerprint density at radius 2 is 2.10 bits per heavy atom. The summed E-state index contributed by atoms with van der Waals surface area (Å²) in [6.07, 6.45) is 4.20. The molecule has 1 aliphatic carbocycles. The summed E-state index contributed by atoms with van der Waals surface area (Å²) in [6, 6.07) is 5.65. The molecule has 2 rings (SSSR count). The highest BCUT2D eigenvalue weighted by Crippen LogP contribution is 2.31. The van der Waals surface area contributed by atoms with Gasteiger partial charge >= 0.3 is 0 Å². The van der Waals surface area contributed by atoms with Gasteiger partial charge in [-0.05, 0) is 31.7 Å². The first-order chi connectivity index (χ1) is 9.41. The zero-order valence-corrected chi connectivity index (χ0v) is 12.8. The van der Waals surface area contributed by atoms with Crippen LogP contribution in [-0.2, 0) is 16.4 Å². The van der Waals surface area contributed by atoms with Crippen LogP contribution in [0.3, 0.4) is 0 Å². The molecule has 0 aromatic heterocycles. The molecule has 4 nitrogen and oxygen atoms in total. The minimum atomic E-state index is -3.01. The van der Waals surface area contributed by atoms with Gasteiger partial charge in [0.25, 0.3) is 0 Å². The molecule has 112 valence electrons. The van der Waals surface area contributed by atoms with Crippen LogP contribution in [0.2, 0.25) is 0 Å². The number of rotatable bonds is 4. The van der Waals surface area contributed by atoms with E-state index in [1.165, 1.54) is 6.26 Å². The largest absolute Gasteiger partial charge is 0.490 e. The lowest BCUT2D eigenvalue weighted by Gasteiger charge is -2.29. The molecule has 1 aliphatic rings. The maximum atomic E-state index is 11.7. The fourth-order valence-corrected chi connectivity index (χ4v) is 3.93. The Morgan fingerprint density at radius 1 is 1.35 bits per heavy atom. The zero-order chi connectivity index (χ0) is 14.8. The van der Waals surface area contributed by atoms with Crippen LogP contribution < -0.4 is 4.74 Å².